The van der Waals surface area contributed by atoms with E-state index in [1.807, 2.05) is 0 Å². The van der Waals surface area contributed by atoms with E-state index in [0.717, 1.165) is 0 Å². The standard InChI is InChI=1S/C14H11Cl2N5OS/c15-8-1-3-10(16)11(5-8)18-13(22)7-23-14-20-19-12-4-2-9(17)6-21(12)14/h1-6H,7,17H2,(H,18,22). The van der Waals surface area contributed by atoms with Gasteiger partial charge in [0.2, 0.25) is 5.91 Å². The van der Waals surface area contributed by atoms with Crippen molar-refractivity contribution in [1.29, 1.82) is 0 Å². The van der Waals surface area contributed by atoms with Gasteiger partial charge in [-0.1, -0.05) is 35.0 Å². The highest BCUT2D eigenvalue weighted by Gasteiger charge is 2.11. The van der Waals surface area contributed by atoms with Crippen molar-refractivity contribution in [3.8, 4) is 0 Å². The van der Waals surface area contributed by atoms with Crippen molar-refractivity contribution in [2.45, 2.75) is 5.16 Å². The van der Waals surface area contributed by atoms with Crippen LogP contribution in [0.3, 0.4) is 0 Å². The molecule has 0 atom stereocenters. The molecule has 0 saturated heterocycles. The van der Waals surface area contributed by atoms with Crippen LogP contribution in [-0.4, -0.2) is 26.3 Å². The zero-order valence-corrected chi connectivity index (χ0v) is 14.0. The van der Waals surface area contributed by atoms with Crippen LogP contribution in [0.15, 0.2) is 41.7 Å². The third-order valence-corrected chi connectivity index (χ3v) is 4.44. The summed E-state index contributed by atoms with van der Waals surface area (Å²) in [7, 11) is 0. The minimum atomic E-state index is -0.222. The van der Waals surface area contributed by atoms with E-state index in [-0.39, 0.29) is 11.7 Å². The smallest absolute Gasteiger partial charge is 0.234 e. The Morgan fingerprint density at radius 3 is 2.91 bits per heavy atom. The number of anilines is 2. The molecule has 0 aliphatic rings. The van der Waals surface area contributed by atoms with Gasteiger partial charge in [0.1, 0.15) is 0 Å². The number of amides is 1. The summed E-state index contributed by atoms with van der Waals surface area (Å²) in [5.41, 5.74) is 7.48. The lowest BCUT2D eigenvalue weighted by molar-refractivity contribution is -0.113. The number of rotatable bonds is 4. The highest BCUT2D eigenvalue weighted by Crippen LogP contribution is 2.26. The number of nitrogen functional groups attached to an aromatic ring is 1. The molecule has 1 aromatic carbocycles. The largest absolute Gasteiger partial charge is 0.398 e. The van der Waals surface area contributed by atoms with Gasteiger partial charge in [-0.3, -0.25) is 9.20 Å². The number of nitrogens with one attached hydrogen (secondary N) is 1. The summed E-state index contributed by atoms with van der Waals surface area (Å²) in [6.45, 7) is 0. The Hall–Kier alpha value is -1.96. The molecule has 23 heavy (non-hydrogen) atoms. The number of thioether (sulfide) groups is 1. The van der Waals surface area contributed by atoms with E-state index in [1.54, 1.807) is 40.9 Å². The van der Waals surface area contributed by atoms with Crippen LogP contribution in [0.5, 0.6) is 0 Å². The van der Waals surface area contributed by atoms with E-state index in [1.165, 1.54) is 11.8 Å². The van der Waals surface area contributed by atoms with Crippen LogP contribution in [0.1, 0.15) is 0 Å². The van der Waals surface area contributed by atoms with Crippen LogP contribution in [-0.2, 0) is 4.79 Å². The van der Waals surface area contributed by atoms with Crippen molar-refractivity contribution >= 4 is 57.9 Å². The van der Waals surface area contributed by atoms with E-state index in [2.05, 4.69) is 15.5 Å². The number of hydrogen-bond acceptors (Lipinski definition) is 5. The molecule has 0 radical (unpaired) electrons. The fourth-order valence-corrected chi connectivity index (χ4v) is 2.95. The fourth-order valence-electron chi connectivity index (χ4n) is 1.89. The molecule has 2 heterocycles. The van der Waals surface area contributed by atoms with Gasteiger partial charge in [0, 0.05) is 16.9 Å². The third kappa shape index (κ3) is 3.69. The molecule has 118 valence electrons. The number of halogens is 2. The Balaban J connectivity index is 1.68. The zero-order chi connectivity index (χ0) is 16.4. The molecule has 0 spiro atoms. The van der Waals surface area contributed by atoms with Gasteiger partial charge in [-0.05, 0) is 30.3 Å². The van der Waals surface area contributed by atoms with Crippen LogP contribution in [0.25, 0.3) is 5.65 Å². The lowest BCUT2D eigenvalue weighted by Crippen LogP contribution is -2.14. The Bertz CT molecular complexity index is 883. The van der Waals surface area contributed by atoms with Crippen molar-refractivity contribution in [2.24, 2.45) is 0 Å². The maximum atomic E-state index is 12.1. The predicted molar refractivity (Wildman–Crippen MR) is 93.2 cm³/mol. The Morgan fingerprint density at radius 1 is 1.26 bits per heavy atom. The number of hydrogen-bond donors (Lipinski definition) is 2. The third-order valence-electron chi connectivity index (χ3n) is 2.93. The summed E-state index contributed by atoms with van der Waals surface area (Å²) in [5.74, 6) is -0.0712. The molecule has 3 aromatic rings. The molecule has 3 N–H and O–H groups in total. The van der Waals surface area contributed by atoms with Gasteiger partial charge in [-0.15, -0.1) is 10.2 Å². The minimum Gasteiger partial charge on any atom is -0.398 e. The van der Waals surface area contributed by atoms with Gasteiger partial charge < -0.3 is 11.1 Å². The van der Waals surface area contributed by atoms with E-state index in [0.29, 0.717) is 32.2 Å². The Kier molecular flexibility index (Phi) is 4.61. The van der Waals surface area contributed by atoms with Crippen molar-refractivity contribution in [3.63, 3.8) is 0 Å². The minimum absolute atomic E-state index is 0.151. The number of aromatic nitrogens is 3. The van der Waals surface area contributed by atoms with E-state index < -0.39 is 0 Å². The van der Waals surface area contributed by atoms with E-state index in [9.17, 15) is 4.79 Å². The van der Waals surface area contributed by atoms with Gasteiger partial charge in [0.15, 0.2) is 10.8 Å². The van der Waals surface area contributed by atoms with E-state index >= 15 is 0 Å². The second kappa shape index (κ2) is 6.66. The molecule has 1 amide bonds. The van der Waals surface area contributed by atoms with Crippen molar-refractivity contribution in [1.82, 2.24) is 14.6 Å². The Morgan fingerprint density at radius 2 is 2.09 bits per heavy atom. The number of nitrogens with zero attached hydrogens (tertiary/aromatic N) is 3. The molecule has 0 bridgehead atoms. The zero-order valence-electron chi connectivity index (χ0n) is 11.7. The second-order valence-electron chi connectivity index (χ2n) is 4.63. The highest BCUT2D eigenvalue weighted by atomic mass is 35.5. The molecule has 0 saturated carbocycles. The molecule has 9 heteroatoms. The molecule has 0 aliphatic heterocycles. The summed E-state index contributed by atoms with van der Waals surface area (Å²) >= 11 is 13.2. The molecular weight excluding hydrogens is 357 g/mol. The first-order valence-corrected chi connectivity index (χ1v) is 8.25. The average molecular weight is 368 g/mol. The van der Waals surface area contributed by atoms with Gasteiger partial charge in [-0.25, -0.2) is 0 Å². The van der Waals surface area contributed by atoms with Gasteiger partial charge in [0.25, 0.3) is 0 Å². The summed E-state index contributed by atoms with van der Waals surface area (Å²) in [4.78, 5) is 12.1. The molecular formula is C14H11Cl2N5OS. The monoisotopic (exact) mass is 367 g/mol. The van der Waals surface area contributed by atoms with Crippen molar-refractivity contribution in [3.05, 3.63) is 46.6 Å². The van der Waals surface area contributed by atoms with Crippen LogP contribution < -0.4 is 11.1 Å². The number of carbonyl (C=O) groups is 1. The lowest BCUT2D eigenvalue weighted by atomic mass is 10.3. The maximum Gasteiger partial charge on any atom is 0.234 e. The molecule has 2 aromatic heterocycles. The van der Waals surface area contributed by atoms with Crippen LogP contribution in [0.4, 0.5) is 11.4 Å². The van der Waals surface area contributed by atoms with Gasteiger partial charge >= 0.3 is 0 Å². The normalized spacial score (nSPS) is 10.9. The van der Waals surface area contributed by atoms with Crippen molar-refractivity contribution in [2.75, 3.05) is 16.8 Å². The first-order valence-electron chi connectivity index (χ1n) is 6.51. The molecule has 0 aliphatic carbocycles. The predicted octanol–water partition coefficient (Wildman–Crippen LogP) is 3.35. The SMILES string of the molecule is Nc1ccc2nnc(SCC(=O)Nc3cc(Cl)ccc3Cl)n2c1. The van der Waals surface area contributed by atoms with Crippen LogP contribution >= 0.6 is 35.0 Å². The number of pyridine rings is 1. The summed E-state index contributed by atoms with van der Waals surface area (Å²) in [6, 6.07) is 8.38. The van der Waals surface area contributed by atoms with Crippen LogP contribution in [0.2, 0.25) is 10.0 Å². The average Bonchev–Trinajstić information content (AvgIpc) is 2.91. The molecule has 0 fully saturated rings. The van der Waals surface area contributed by atoms with E-state index in [4.69, 9.17) is 28.9 Å². The lowest BCUT2D eigenvalue weighted by Gasteiger charge is -2.07. The topological polar surface area (TPSA) is 85.3 Å². The molecule has 3 rings (SSSR count). The number of nitrogens with two attached hydrogens (primary N) is 1. The summed E-state index contributed by atoms with van der Waals surface area (Å²) < 4.78 is 1.74. The number of benzene rings is 1. The quantitative estimate of drug-likeness (QED) is 0.690. The first kappa shape index (κ1) is 15.9. The molecule has 0 unspecified atom stereocenters. The van der Waals surface area contributed by atoms with Gasteiger partial charge in [0.05, 0.1) is 16.5 Å². The van der Waals surface area contributed by atoms with Crippen LogP contribution in [0, 0.1) is 0 Å². The first-order chi connectivity index (χ1) is 11.0. The van der Waals surface area contributed by atoms with Gasteiger partial charge in [-0.2, -0.15) is 0 Å². The second-order valence-corrected chi connectivity index (χ2v) is 6.42. The fraction of sp³-hybridized carbons (Fsp3) is 0.0714. The summed E-state index contributed by atoms with van der Waals surface area (Å²) in [5, 5.41) is 12.3. The maximum absolute atomic E-state index is 12.1. The number of carbonyl (C=O) groups excluding carboxylic acids is 1. The Labute approximate surface area is 146 Å². The highest BCUT2D eigenvalue weighted by molar-refractivity contribution is 7.99. The van der Waals surface area contributed by atoms with Crippen molar-refractivity contribution < 1.29 is 4.79 Å². The summed E-state index contributed by atoms with van der Waals surface area (Å²) in [6.07, 6.45) is 1.71. The number of fused-ring (bicyclic) bond motifs is 1. The molecule has 6 nitrogen and oxygen atoms in total.